The second-order valence-corrected chi connectivity index (χ2v) is 7.93. The molecule has 0 unspecified atom stereocenters. The van der Waals surface area contributed by atoms with E-state index in [2.05, 4.69) is 24.4 Å². The van der Waals surface area contributed by atoms with Crippen molar-refractivity contribution >= 4 is 33.1 Å². The van der Waals surface area contributed by atoms with Crippen LogP contribution in [0.15, 0.2) is 48.5 Å². The fourth-order valence-electron chi connectivity index (χ4n) is 3.66. The molecule has 0 aliphatic heterocycles. The first-order chi connectivity index (χ1) is 12.2. The smallest absolute Gasteiger partial charge is 0.228 e. The number of carbonyl (C=O) groups excluding carboxylic acids is 1. The first-order valence-corrected chi connectivity index (χ1v) is 9.75. The van der Waals surface area contributed by atoms with Gasteiger partial charge in [0.05, 0.1) is 15.2 Å². The summed E-state index contributed by atoms with van der Waals surface area (Å²) in [5.41, 5.74) is 3.12. The molecular weight excluding hydrogens is 328 g/mol. The molecule has 1 saturated carbocycles. The summed E-state index contributed by atoms with van der Waals surface area (Å²) in [6.45, 7) is 2.05. The Bertz CT molecular complexity index is 851. The number of hydrogen-bond acceptors (Lipinski definition) is 3. The van der Waals surface area contributed by atoms with Crippen molar-refractivity contribution in [1.29, 1.82) is 0 Å². The van der Waals surface area contributed by atoms with E-state index in [0.29, 0.717) is 0 Å². The predicted octanol–water partition coefficient (Wildman–Crippen LogP) is 5.52. The zero-order valence-electron chi connectivity index (χ0n) is 14.4. The Morgan fingerprint density at radius 1 is 1.08 bits per heavy atom. The van der Waals surface area contributed by atoms with Crippen LogP contribution in [0.5, 0.6) is 0 Å². The number of amides is 1. The van der Waals surface area contributed by atoms with Crippen LogP contribution in [0.4, 0.5) is 5.69 Å². The number of benzene rings is 2. The van der Waals surface area contributed by atoms with Gasteiger partial charge in [-0.15, -0.1) is 11.3 Å². The average molecular weight is 350 g/mol. The number of nitrogens with one attached hydrogen (secondary N) is 1. The van der Waals surface area contributed by atoms with E-state index in [1.54, 1.807) is 11.3 Å². The van der Waals surface area contributed by atoms with E-state index in [9.17, 15) is 4.79 Å². The lowest BCUT2D eigenvalue weighted by Crippen LogP contribution is -2.30. The lowest BCUT2D eigenvalue weighted by Gasteiger charge is -2.29. The van der Waals surface area contributed by atoms with Crippen molar-refractivity contribution in [3.05, 3.63) is 59.1 Å². The number of carbonyl (C=O) groups is 1. The first-order valence-electron chi connectivity index (χ1n) is 8.94. The van der Waals surface area contributed by atoms with Gasteiger partial charge in [0.2, 0.25) is 5.91 Å². The minimum atomic E-state index is 0.00983. The highest BCUT2D eigenvalue weighted by Crippen LogP contribution is 2.41. The number of para-hydroxylation sites is 1. The van der Waals surface area contributed by atoms with Gasteiger partial charge in [-0.1, -0.05) is 42.7 Å². The Morgan fingerprint density at radius 3 is 2.64 bits per heavy atom. The molecule has 0 spiro atoms. The fourth-order valence-corrected chi connectivity index (χ4v) is 4.83. The van der Waals surface area contributed by atoms with E-state index >= 15 is 0 Å². The maximum Gasteiger partial charge on any atom is 0.228 e. The molecule has 1 N–H and O–H groups in total. The maximum absolute atomic E-state index is 12.9. The molecule has 1 aliphatic rings. The van der Waals surface area contributed by atoms with E-state index in [-0.39, 0.29) is 17.7 Å². The van der Waals surface area contributed by atoms with Crippen LogP contribution in [-0.4, -0.2) is 10.9 Å². The molecule has 1 heterocycles. The van der Waals surface area contributed by atoms with Gasteiger partial charge in [0.25, 0.3) is 0 Å². The molecule has 1 aromatic heterocycles. The van der Waals surface area contributed by atoms with Gasteiger partial charge in [0, 0.05) is 17.5 Å². The summed E-state index contributed by atoms with van der Waals surface area (Å²) < 4.78 is 1.21. The van der Waals surface area contributed by atoms with Crippen molar-refractivity contribution in [3.63, 3.8) is 0 Å². The minimum absolute atomic E-state index is 0.00983. The fraction of sp³-hybridized carbons (Fsp3) is 0.333. The van der Waals surface area contributed by atoms with Gasteiger partial charge in [0.15, 0.2) is 0 Å². The molecule has 2 aromatic carbocycles. The van der Waals surface area contributed by atoms with Gasteiger partial charge >= 0.3 is 0 Å². The Morgan fingerprint density at radius 2 is 1.84 bits per heavy atom. The highest BCUT2D eigenvalue weighted by Gasteiger charge is 2.34. The number of anilines is 1. The summed E-state index contributed by atoms with van der Waals surface area (Å²) in [6, 6.07) is 16.2. The second kappa shape index (κ2) is 6.96. The van der Waals surface area contributed by atoms with Crippen molar-refractivity contribution in [3.8, 4) is 0 Å². The summed E-state index contributed by atoms with van der Waals surface area (Å²) in [4.78, 5) is 17.7. The summed E-state index contributed by atoms with van der Waals surface area (Å²) in [6.07, 6.45) is 4.28. The Balaban J connectivity index is 1.57. The minimum Gasteiger partial charge on any atom is -0.326 e. The predicted molar refractivity (Wildman–Crippen MR) is 104 cm³/mol. The van der Waals surface area contributed by atoms with Gasteiger partial charge in [-0.05, 0) is 44.0 Å². The van der Waals surface area contributed by atoms with Crippen molar-refractivity contribution in [1.82, 2.24) is 4.98 Å². The highest BCUT2D eigenvalue weighted by atomic mass is 32.1. The molecule has 3 aromatic rings. The lowest BCUT2D eigenvalue weighted by atomic mass is 9.79. The summed E-state index contributed by atoms with van der Waals surface area (Å²) in [7, 11) is 0. The normalized spacial score (nSPS) is 20.5. The van der Waals surface area contributed by atoms with E-state index in [1.807, 2.05) is 36.4 Å². The highest BCUT2D eigenvalue weighted by molar-refractivity contribution is 7.18. The quantitative estimate of drug-likeness (QED) is 0.676. The molecular formula is C21H22N2OS. The number of aryl methyl sites for hydroxylation is 1. The molecule has 2 atom stereocenters. The average Bonchev–Trinajstić information content (AvgIpc) is 3.07. The monoisotopic (exact) mass is 350 g/mol. The molecule has 128 valence electrons. The van der Waals surface area contributed by atoms with Crippen LogP contribution in [0.25, 0.3) is 10.2 Å². The van der Waals surface area contributed by atoms with E-state index < -0.39 is 0 Å². The molecule has 1 fully saturated rings. The molecule has 4 heteroatoms. The molecule has 25 heavy (non-hydrogen) atoms. The van der Waals surface area contributed by atoms with E-state index in [0.717, 1.165) is 35.5 Å². The van der Waals surface area contributed by atoms with Gasteiger partial charge in [-0.3, -0.25) is 4.79 Å². The number of fused-ring (bicyclic) bond motifs is 1. The zero-order chi connectivity index (χ0) is 17.2. The summed E-state index contributed by atoms with van der Waals surface area (Å²) in [5.74, 6) is 0.375. The Labute approximate surface area is 152 Å². The van der Waals surface area contributed by atoms with Gasteiger partial charge < -0.3 is 5.32 Å². The van der Waals surface area contributed by atoms with Crippen molar-refractivity contribution in [2.24, 2.45) is 5.92 Å². The third kappa shape index (κ3) is 3.45. The standard InChI is InChI=1S/C21H22N2OS/c1-14-10-12-15(13-11-14)22-20(24)16-6-2-3-7-17(16)21-23-18-8-4-5-9-19(18)25-21/h4-5,8-13,16-17H,2-3,6-7H2,1H3,(H,22,24)/t16-,17-/m1/s1. The number of nitrogens with zero attached hydrogens (tertiary/aromatic N) is 1. The summed E-state index contributed by atoms with van der Waals surface area (Å²) >= 11 is 1.74. The van der Waals surface area contributed by atoms with Crippen LogP contribution in [0.2, 0.25) is 0 Å². The maximum atomic E-state index is 12.9. The number of rotatable bonds is 3. The summed E-state index contributed by atoms with van der Waals surface area (Å²) in [5, 5.41) is 4.23. The number of thiazole rings is 1. The van der Waals surface area contributed by atoms with Crippen molar-refractivity contribution in [2.45, 2.75) is 38.5 Å². The van der Waals surface area contributed by atoms with E-state index in [1.165, 1.54) is 16.7 Å². The Kier molecular flexibility index (Phi) is 4.53. The van der Waals surface area contributed by atoms with Crippen molar-refractivity contribution in [2.75, 3.05) is 5.32 Å². The SMILES string of the molecule is Cc1ccc(NC(=O)[C@@H]2CCCC[C@H]2c2nc3ccccc3s2)cc1. The molecule has 4 rings (SSSR count). The van der Waals surface area contributed by atoms with Crippen LogP contribution in [-0.2, 0) is 4.79 Å². The van der Waals surface area contributed by atoms with Crippen LogP contribution in [0.3, 0.4) is 0 Å². The third-order valence-electron chi connectivity index (χ3n) is 5.05. The van der Waals surface area contributed by atoms with Gasteiger partial charge in [-0.25, -0.2) is 4.98 Å². The second-order valence-electron chi connectivity index (χ2n) is 6.87. The lowest BCUT2D eigenvalue weighted by molar-refractivity contribution is -0.121. The third-order valence-corrected chi connectivity index (χ3v) is 6.22. The van der Waals surface area contributed by atoms with Crippen LogP contribution >= 0.6 is 11.3 Å². The topological polar surface area (TPSA) is 42.0 Å². The van der Waals surface area contributed by atoms with E-state index in [4.69, 9.17) is 4.98 Å². The largest absolute Gasteiger partial charge is 0.326 e. The molecule has 0 radical (unpaired) electrons. The van der Waals surface area contributed by atoms with Crippen LogP contribution in [0, 0.1) is 12.8 Å². The van der Waals surface area contributed by atoms with Crippen molar-refractivity contribution < 1.29 is 4.79 Å². The zero-order valence-corrected chi connectivity index (χ0v) is 15.2. The number of aromatic nitrogens is 1. The molecule has 1 amide bonds. The van der Waals surface area contributed by atoms with Crippen LogP contribution < -0.4 is 5.32 Å². The molecule has 1 aliphatic carbocycles. The molecule has 3 nitrogen and oxygen atoms in total. The first kappa shape index (κ1) is 16.3. The van der Waals surface area contributed by atoms with Gasteiger partial charge in [0.1, 0.15) is 0 Å². The van der Waals surface area contributed by atoms with Crippen LogP contribution in [0.1, 0.15) is 42.2 Å². The molecule has 0 bridgehead atoms. The number of hydrogen-bond donors (Lipinski definition) is 1. The molecule has 0 saturated heterocycles. The Hall–Kier alpha value is -2.20. The van der Waals surface area contributed by atoms with Gasteiger partial charge in [-0.2, -0.15) is 0 Å².